The van der Waals surface area contributed by atoms with Gasteiger partial charge in [0.05, 0.1) is 9.50 Å². The topological polar surface area (TPSA) is 78.4 Å². The van der Waals surface area contributed by atoms with Crippen LogP contribution in [0.4, 0.5) is 4.79 Å². The van der Waals surface area contributed by atoms with Gasteiger partial charge in [-0.2, -0.15) is 0 Å². The molecule has 7 heteroatoms. The van der Waals surface area contributed by atoms with Crippen LogP contribution in [0.1, 0.15) is 5.56 Å². The standard InChI is InChI=1S/C10H6BrClN2O3/c11-5-1-4(2-6(12)8(5)15)3-7-9(16)14-10(17)13-7/h1-3,15H,(H2,13,14,16,17)/b7-3+. The van der Waals surface area contributed by atoms with Crippen LogP contribution in [0.15, 0.2) is 22.3 Å². The summed E-state index contributed by atoms with van der Waals surface area (Å²) >= 11 is 8.89. The molecule has 17 heavy (non-hydrogen) atoms. The minimum absolute atomic E-state index is 0.0753. The molecule has 5 nitrogen and oxygen atoms in total. The second-order valence-electron chi connectivity index (χ2n) is 3.30. The molecule has 1 aromatic rings. The van der Waals surface area contributed by atoms with E-state index in [9.17, 15) is 14.7 Å². The third-order valence-electron chi connectivity index (χ3n) is 2.07. The highest BCUT2D eigenvalue weighted by Gasteiger charge is 2.22. The minimum Gasteiger partial charge on any atom is -0.505 e. The Balaban J connectivity index is 2.40. The van der Waals surface area contributed by atoms with Crippen molar-refractivity contribution >= 4 is 45.5 Å². The molecule has 0 unspecified atom stereocenters. The number of nitrogens with one attached hydrogen (secondary N) is 2. The molecular formula is C10H6BrClN2O3. The molecule has 1 heterocycles. The summed E-state index contributed by atoms with van der Waals surface area (Å²) in [4.78, 5) is 22.2. The van der Waals surface area contributed by atoms with Gasteiger partial charge in [0.2, 0.25) is 0 Å². The first-order chi connectivity index (χ1) is 7.97. The van der Waals surface area contributed by atoms with E-state index in [-0.39, 0.29) is 16.5 Å². The lowest BCUT2D eigenvalue weighted by Gasteiger charge is -2.02. The number of carbonyl (C=O) groups is 2. The minimum atomic E-state index is -0.565. The molecule has 1 aliphatic heterocycles. The highest BCUT2D eigenvalue weighted by molar-refractivity contribution is 9.10. The molecule has 3 N–H and O–H groups in total. The maximum Gasteiger partial charge on any atom is 0.326 e. The zero-order valence-electron chi connectivity index (χ0n) is 8.25. The average Bonchev–Trinajstić information content (AvgIpc) is 2.54. The van der Waals surface area contributed by atoms with Gasteiger partial charge in [-0.05, 0) is 39.7 Å². The van der Waals surface area contributed by atoms with Gasteiger partial charge in [-0.3, -0.25) is 10.1 Å². The van der Waals surface area contributed by atoms with E-state index in [0.29, 0.717) is 10.0 Å². The Labute approximate surface area is 110 Å². The van der Waals surface area contributed by atoms with Gasteiger partial charge in [0.25, 0.3) is 5.91 Å². The molecule has 1 saturated heterocycles. The average molecular weight is 318 g/mol. The Morgan fingerprint density at radius 1 is 1.29 bits per heavy atom. The summed E-state index contributed by atoms with van der Waals surface area (Å²) in [7, 11) is 0. The van der Waals surface area contributed by atoms with E-state index in [2.05, 4.69) is 26.6 Å². The number of amides is 3. The summed E-state index contributed by atoms with van der Waals surface area (Å²) in [5.74, 6) is -0.580. The van der Waals surface area contributed by atoms with Gasteiger partial charge < -0.3 is 10.4 Å². The number of rotatable bonds is 1. The number of urea groups is 1. The predicted octanol–water partition coefficient (Wildman–Crippen LogP) is 1.99. The highest BCUT2D eigenvalue weighted by atomic mass is 79.9. The van der Waals surface area contributed by atoms with Crippen molar-refractivity contribution in [1.29, 1.82) is 0 Å². The number of benzene rings is 1. The van der Waals surface area contributed by atoms with Crippen molar-refractivity contribution in [2.75, 3.05) is 0 Å². The molecule has 1 aliphatic rings. The smallest absolute Gasteiger partial charge is 0.326 e. The first-order valence-corrected chi connectivity index (χ1v) is 5.66. The zero-order chi connectivity index (χ0) is 12.6. The van der Waals surface area contributed by atoms with Gasteiger partial charge in [-0.15, -0.1) is 0 Å². The molecule has 0 bridgehead atoms. The van der Waals surface area contributed by atoms with Crippen LogP contribution < -0.4 is 10.6 Å². The van der Waals surface area contributed by atoms with Crippen LogP contribution >= 0.6 is 27.5 Å². The third kappa shape index (κ3) is 2.42. The maximum absolute atomic E-state index is 11.3. The number of phenolic OH excluding ortho intramolecular Hbond substituents is 1. The Kier molecular flexibility index (Phi) is 3.08. The molecule has 1 fully saturated rings. The fourth-order valence-corrected chi connectivity index (χ4v) is 2.14. The molecule has 0 radical (unpaired) electrons. The summed E-state index contributed by atoms with van der Waals surface area (Å²) < 4.78 is 0.404. The molecule has 1 aromatic carbocycles. The van der Waals surface area contributed by atoms with Crippen LogP contribution in [0, 0.1) is 0 Å². The van der Waals surface area contributed by atoms with Crippen LogP contribution in [0.5, 0.6) is 5.75 Å². The highest BCUT2D eigenvalue weighted by Crippen LogP contribution is 2.33. The van der Waals surface area contributed by atoms with Crippen molar-refractivity contribution in [3.8, 4) is 5.75 Å². The SMILES string of the molecule is O=C1NC(=O)/C(=C\c2cc(Cl)c(O)c(Br)c2)N1. The van der Waals surface area contributed by atoms with E-state index in [4.69, 9.17) is 11.6 Å². The summed E-state index contributed by atoms with van der Waals surface area (Å²) in [5.41, 5.74) is 0.704. The number of halogens is 2. The Hall–Kier alpha value is -1.53. The third-order valence-corrected chi connectivity index (χ3v) is 2.96. The molecule has 0 saturated carbocycles. The van der Waals surface area contributed by atoms with Gasteiger partial charge in [0, 0.05) is 0 Å². The predicted molar refractivity (Wildman–Crippen MR) is 65.5 cm³/mol. The first-order valence-electron chi connectivity index (χ1n) is 4.49. The molecule has 88 valence electrons. The quantitative estimate of drug-likeness (QED) is 0.547. The number of carbonyl (C=O) groups excluding carboxylic acids is 2. The van der Waals surface area contributed by atoms with E-state index in [1.165, 1.54) is 12.1 Å². The number of phenols is 1. The zero-order valence-corrected chi connectivity index (χ0v) is 10.6. The van der Waals surface area contributed by atoms with Crippen LogP contribution in [0.3, 0.4) is 0 Å². The van der Waals surface area contributed by atoms with Gasteiger partial charge in [0.1, 0.15) is 11.4 Å². The number of hydrogen-bond donors (Lipinski definition) is 3. The first kappa shape index (κ1) is 11.9. The summed E-state index contributed by atoms with van der Waals surface area (Å²) in [5, 5.41) is 14.0. The molecule has 0 aliphatic carbocycles. The lowest BCUT2D eigenvalue weighted by atomic mass is 10.2. The van der Waals surface area contributed by atoms with E-state index in [1.54, 1.807) is 6.07 Å². The van der Waals surface area contributed by atoms with Crippen molar-refractivity contribution in [2.24, 2.45) is 0 Å². The van der Waals surface area contributed by atoms with Crippen molar-refractivity contribution in [3.05, 3.63) is 32.9 Å². The van der Waals surface area contributed by atoms with E-state index >= 15 is 0 Å². The van der Waals surface area contributed by atoms with Crippen molar-refractivity contribution in [3.63, 3.8) is 0 Å². The van der Waals surface area contributed by atoms with Crippen LogP contribution in [-0.2, 0) is 4.79 Å². The second kappa shape index (κ2) is 4.38. The van der Waals surface area contributed by atoms with E-state index in [0.717, 1.165) is 0 Å². The van der Waals surface area contributed by atoms with E-state index < -0.39 is 11.9 Å². The Morgan fingerprint density at radius 2 is 2.00 bits per heavy atom. The largest absolute Gasteiger partial charge is 0.505 e. The van der Waals surface area contributed by atoms with Crippen molar-refractivity contribution < 1.29 is 14.7 Å². The normalized spacial score (nSPS) is 17.2. The Morgan fingerprint density at radius 3 is 2.53 bits per heavy atom. The van der Waals surface area contributed by atoms with Gasteiger partial charge in [-0.1, -0.05) is 11.6 Å². The molecule has 0 atom stereocenters. The Bertz CT molecular complexity index is 533. The molecular weight excluding hydrogens is 311 g/mol. The molecule has 0 aromatic heterocycles. The van der Waals surface area contributed by atoms with Crippen molar-refractivity contribution in [1.82, 2.24) is 10.6 Å². The number of aromatic hydroxyl groups is 1. The van der Waals surface area contributed by atoms with Crippen LogP contribution in [-0.4, -0.2) is 17.0 Å². The lowest BCUT2D eigenvalue weighted by Crippen LogP contribution is -2.22. The van der Waals surface area contributed by atoms with Gasteiger partial charge in [-0.25, -0.2) is 4.79 Å². The molecule has 0 spiro atoms. The second-order valence-corrected chi connectivity index (χ2v) is 4.56. The van der Waals surface area contributed by atoms with Gasteiger partial charge >= 0.3 is 6.03 Å². The number of hydrogen-bond acceptors (Lipinski definition) is 3. The lowest BCUT2D eigenvalue weighted by molar-refractivity contribution is -0.115. The van der Waals surface area contributed by atoms with E-state index in [1.807, 2.05) is 0 Å². The summed E-state index contributed by atoms with van der Waals surface area (Å²) in [6.07, 6.45) is 1.45. The summed E-state index contributed by atoms with van der Waals surface area (Å²) in [6, 6.07) is 2.49. The van der Waals surface area contributed by atoms with Gasteiger partial charge in [0.15, 0.2) is 0 Å². The fourth-order valence-electron chi connectivity index (χ4n) is 1.32. The summed E-state index contributed by atoms with van der Waals surface area (Å²) in [6.45, 7) is 0. The fraction of sp³-hybridized carbons (Fsp3) is 0. The number of imide groups is 1. The van der Waals surface area contributed by atoms with Crippen LogP contribution in [0.25, 0.3) is 6.08 Å². The molecule has 2 rings (SSSR count). The van der Waals surface area contributed by atoms with Crippen molar-refractivity contribution in [2.45, 2.75) is 0 Å². The maximum atomic E-state index is 11.3. The molecule has 3 amide bonds. The van der Waals surface area contributed by atoms with Crippen LogP contribution in [0.2, 0.25) is 5.02 Å². The monoisotopic (exact) mass is 316 g/mol.